The molecule has 0 saturated carbocycles. The second kappa shape index (κ2) is 11.3. The van der Waals surface area contributed by atoms with Crippen LogP contribution in [-0.2, 0) is 13.0 Å². The summed E-state index contributed by atoms with van der Waals surface area (Å²) in [6.45, 7) is 2.00. The maximum atomic E-state index is 12.4. The lowest BCUT2D eigenvalue weighted by molar-refractivity contribution is 0.0953. The number of benzene rings is 4. The van der Waals surface area contributed by atoms with Crippen LogP contribution in [0.4, 0.5) is 0 Å². The molecule has 1 aromatic heterocycles. The van der Waals surface area contributed by atoms with Crippen LogP contribution in [-0.4, -0.2) is 28.6 Å². The van der Waals surface area contributed by atoms with Crippen molar-refractivity contribution in [2.75, 3.05) is 13.2 Å². The van der Waals surface area contributed by atoms with Crippen LogP contribution >= 0.6 is 11.6 Å². The fraction of sp³-hybridized carbons (Fsp3) is 0.200. The van der Waals surface area contributed by atoms with Crippen molar-refractivity contribution in [2.24, 2.45) is 0 Å². The maximum Gasteiger partial charge on any atom is 0.251 e. The van der Waals surface area contributed by atoms with Gasteiger partial charge in [0.2, 0.25) is 0 Å². The molecule has 4 aromatic carbocycles. The first-order valence-corrected chi connectivity index (χ1v) is 12.7. The Kier molecular flexibility index (Phi) is 7.48. The van der Waals surface area contributed by atoms with Gasteiger partial charge in [-0.3, -0.25) is 4.79 Å². The Bertz CT molecular complexity index is 1490. The first-order valence-electron chi connectivity index (χ1n) is 12.3. The molecule has 5 rings (SSSR count). The van der Waals surface area contributed by atoms with Gasteiger partial charge in [0.25, 0.3) is 5.91 Å². The number of hydrogen-bond acceptors (Lipinski definition) is 3. The second-order valence-corrected chi connectivity index (χ2v) is 9.15. The lowest BCUT2D eigenvalue weighted by atomic mass is 10.1. The van der Waals surface area contributed by atoms with E-state index in [0.29, 0.717) is 23.7 Å². The van der Waals surface area contributed by atoms with Gasteiger partial charge < -0.3 is 14.6 Å². The zero-order valence-corrected chi connectivity index (χ0v) is 20.7. The number of aryl methyl sites for hydroxylation is 2. The molecule has 0 aliphatic heterocycles. The molecule has 0 aliphatic rings. The Balaban J connectivity index is 1.19. The zero-order chi connectivity index (χ0) is 24.7. The minimum atomic E-state index is -0.114. The van der Waals surface area contributed by atoms with Crippen LogP contribution in [0, 0.1) is 0 Å². The minimum absolute atomic E-state index is 0.114. The summed E-state index contributed by atoms with van der Waals surface area (Å²) in [5.41, 5.74) is 2.69. The number of hydrogen-bond donors (Lipinski definition) is 1. The Labute approximate surface area is 215 Å². The third-order valence-corrected chi connectivity index (χ3v) is 6.45. The van der Waals surface area contributed by atoms with Crippen LogP contribution in [0.1, 0.15) is 29.0 Å². The predicted octanol–water partition coefficient (Wildman–Crippen LogP) is 6.67. The van der Waals surface area contributed by atoms with Crippen LogP contribution in [0.2, 0.25) is 5.02 Å². The summed E-state index contributed by atoms with van der Waals surface area (Å²) in [5, 5.41) is 5.85. The summed E-state index contributed by atoms with van der Waals surface area (Å²) in [6, 6.07) is 29.6. The van der Waals surface area contributed by atoms with Crippen LogP contribution in [0.15, 0.2) is 91.0 Å². The number of nitrogens with one attached hydrogen (secondary N) is 1. The SMILES string of the molecule is O=C(NCCCc1nc2ccccc2n1CCCOc1cccc2ccccc12)c1cccc(Cl)c1. The van der Waals surface area contributed by atoms with E-state index in [1.165, 1.54) is 5.39 Å². The van der Waals surface area contributed by atoms with E-state index in [1.807, 2.05) is 42.5 Å². The molecule has 5 aromatic rings. The van der Waals surface area contributed by atoms with E-state index < -0.39 is 0 Å². The number of para-hydroxylation sites is 2. The van der Waals surface area contributed by atoms with E-state index >= 15 is 0 Å². The first kappa shape index (κ1) is 23.9. The normalized spacial score (nSPS) is 11.1. The highest BCUT2D eigenvalue weighted by Crippen LogP contribution is 2.25. The van der Waals surface area contributed by atoms with E-state index in [-0.39, 0.29) is 5.91 Å². The lowest BCUT2D eigenvalue weighted by Gasteiger charge is -2.12. The number of carbonyl (C=O) groups is 1. The van der Waals surface area contributed by atoms with Gasteiger partial charge in [0.1, 0.15) is 11.6 Å². The van der Waals surface area contributed by atoms with Crippen LogP contribution in [0.3, 0.4) is 0 Å². The van der Waals surface area contributed by atoms with Crippen LogP contribution in [0.5, 0.6) is 5.75 Å². The number of amides is 1. The van der Waals surface area contributed by atoms with Gasteiger partial charge in [-0.25, -0.2) is 4.98 Å². The highest BCUT2D eigenvalue weighted by atomic mass is 35.5. The number of imidazole rings is 1. The standard InChI is InChI=1S/C30H28ClN3O2/c31-24-12-5-11-23(21-24)30(35)32-18-7-17-29-33-26-14-3-4-15-27(26)34(29)19-8-20-36-28-16-6-10-22-9-1-2-13-25(22)28/h1-6,9-16,21H,7-8,17-20H2,(H,32,35). The third kappa shape index (κ3) is 5.52. The van der Waals surface area contributed by atoms with Crippen LogP contribution < -0.4 is 10.1 Å². The number of fused-ring (bicyclic) bond motifs is 2. The summed E-state index contributed by atoms with van der Waals surface area (Å²) in [4.78, 5) is 17.3. The Morgan fingerprint density at radius 1 is 0.917 bits per heavy atom. The Morgan fingerprint density at radius 3 is 2.64 bits per heavy atom. The highest BCUT2D eigenvalue weighted by molar-refractivity contribution is 6.30. The van der Waals surface area contributed by atoms with Crippen molar-refractivity contribution < 1.29 is 9.53 Å². The molecular weight excluding hydrogens is 470 g/mol. The molecule has 0 bridgehead atoms. The molecule has 6 heteroatoms. The van der Waals surface area contributed by atoms with Gasteiger partial charge in [-0.05, 0) is 54.6 Å². The van der Waals surface area contributed by atoms with Crippen molar-refractivity contribution in [1.29, 1.82) is 0 Å². The van der Waals surface area contributed by atoms with Crippen LogP contribution in [0.25, 0.3) is 21.8 Å². The lowest BCUT2D eigenvalue weighted by Crippen LogP contribution is -2.25. The molecule has 1 heterocycles. The van der Waals surface area contributed by atoms with Gasteiger partial charge >= 0.3 is 0 Å². The average molecular weight is 498 g/mol. The fourth-order valence-corrected chi connectivity index (χ4v) is 4.66. The summed E-state index contributed by atoms with van der Waals surface area (Å²) in [6.07, 6.45) is 2.43. The van der Waals surface area contributed by atoms with Crippen molar-refractivity contribution in [2.45, 2.75) is 25.8 Å². The molecule has 0 atom stereocenters. The summed E-state index contributed by atoms with van der Waals surface area (Å²) in [5.74, 6) is 1.83. The van der Waals surface area contributed by atoms with Gasteiger partial charge in [-0.1, -0.05) is 66.2 Å². The van der Waals surface area contributed by atoms with Crippen molar-refractivity contribution in [3.63, 3.8) is 0 Å². The molecule has 182 valence electrons. The second-order valence-electron chi connectivity index (χ2n) is 8.72. The number of rotatable bonds is 10. The predicted molar refractivity (Wildman–Crippen MR) is 146 cm³/mol. The molecule has 0 fully saturated rings. The molecule has 0 spiro atoms. The molecule has 1 amide bonds. The molecule has 0 saturated heterocycles. The molecule has 0 unspecified atom stereocenters. The number of nitrogens with zero attached hydrogens (tertiary/aromatic N) is 2. The van der Waals surface area contributed by atoms with E-state index in [2.05, 4.69) is 34.1 Å². The van der Waals surface area contributed by atoms with Crippen molar-refractivity contribution in [3.05, 3.63) is 107 Å². The molecule has 0 radical (unpaired) electrons. The summed E-state index contributed by atoms with van der Waals surface area (Å²) < 4.78 is 8.43. The van der Waals surface area contributed by atoms with Gasteiger partial charge in [0, 0.05) is 35.5 Å². The topological polar surface area (TPSA) is 56.2 Å². The van der Waals surface area contributed by atoms with E-state index in [1.54, 1.807) is 24.3 Å². The van der Waals surface area contributed by atoms with Gasteiger partial charge in [-0.15, -0.1) is 0 Å². The summed E-state index contributed by atoms with van der Waals surface area (Å²) >= 11 is 6.00. The number of halogens is 1. The smallest absolute Gasteiger partial charge is 0.251 e. The molecule has 1 N–H and O–H groups in total. The minimum Gasteiger partial charge on any atom is -0.493 e. The quantitative estimate of drug-likeness (QED) is 0.219. The van der Waals surface area contributed by atoms with Gasteiger partial charge in [0.05, 0.1) is 17.6 Å². The molecular formula is C30H28ClN3O2. The van der Waals surface area contributed by atoms with Crippen molar-refractivity contribution in [1.82, 2.24) is 14.9 Å². The third-order valence-electron chi connectivity index (χ3n) is 6.22. The summed E-state index contributed by atoms with van der Waals surface area (Å²) in [7, 11) is 0. The average Bonchev–Trinajstić information content (AvgIpc) is 3.26. The first-order chi connectivity index (χ1) is 17.7. The van der Waals surface area contributed by atoms with Crippen molar-refractivity contribution >= 4 is 39.3 Å². The highest BCUT2D eigenvalue weighted by Gasteiger charge is 2.11. The van der Waals surface area contributed by atoms with Gasteiger partial charge in [0.15, 0.2) is 0 Å². The van der Waals surface area contributed by atoms with Crippen molar-refractivity contribution in [3.8, 4) is 5.75 Å². The maximum absolute atomic E-state index is 12.4. The molecule has 0 aliphatic carbocycles. The van der Waals surface area contributed by atoms with Gasteiger partial charge in [-0.2, -0.15) is 0 Å². The molecule has 5 nitrogen and oxygen atoms in total. The van der Waals surface area contributed by atoms with E-state index in [0.717, 1.165) is 53.8 Å². The Morgan fingerprint density at radius 2 is 1.72 bits per heavy atom. The van der Waals surface area contributed by atoms with E-state index in [4.69, 9.17) is 21.3 Å². The monoisotopic (exact) mass is 497 g/mol. The van der Waals surface area contributed by atoms with E-state index in [9.17, 15) is 4.79 Å². The molecule has 36 heavy (non-hydrogen) atoms. The number of carbonyl (C=O) groups excluding carboxylic acids is 1. The largest absolute Gasteiger partial charge is 0.493 e. The number of ether oxygens (including phenoxy) is 1. The zero-order valence-electron chi connectivity index (χ0n) is 20.0. The number of aromatic nitrogens is 2. The fourth-order valence-electron chi connectivity index (χ4n) is 4.47. The Hall–Kier alpha value is -3.83.